The molecular weight excluding hydrogens is 186 g/mol. The van der Waals surface area contributed by atoms with Gasteiger partial charge in [-0.2, -0.15) is 0 Å². The number of rotatable bonds is 3. The van der Waals surface area contributed by atoms with Gasteiger partial charge in [-0.05, 0) is 26.0 Å². The second kappa shape index (κ2) is 4.17. The van der Waals surface area contributed by atoms with Crippen molar-refractivity contribution in [3.05, 3.63) is 43.0 Å². The first-order chi connectivity index (χ1) is 7.27. The van der Waals surface area contributed by atoms with Crippen LogP contribution in [0.5, 0.6) is 0 Å². The van der Waals surface area contributed by atoms with Gasteiger partial charge in [-0.25, -0.2) is 4.98 Å². The Morgan fingerprint density at radius 2 is 2.07 bits per heavy atom. The molecule has 0 aliphatic carbocycles. The number of nitrogens with zero attached hydrogens (tertiary/aromatic N) is 2. The van der Waals surface area contributed by atoms with Crippen molar-refractivity contribution in [3.63, 3.8) is 0 Å². The zero-order chi connectivity index (χ0) is 10.7. The molecule has 0 saturated carbocycles. The second-order valence-electron chi connectivity index (χ2n) is 3.79. The van der Waals surface area contributed by atoms with E-state index in [0.717, 1.165) is 11.4 Å². The van der Waals surface area contributed by atoms with E-state index in [9.17, 15) is 0 Å². The molecule has 0 bridgehead atoms. The van der Waals surface area contributed by atoms with Gasteiger partial charge >= 0.3 is 0 Å². The van der Waals surface area contributed by atoms with Crippen molar-refractivity contribution >= 4 is 5.69 Å². The summed E-state index contributed by atoms with van der Waals surface area (Å²) in [4.78, 5) is 4.05. The summed E-state index contributed by atoms with van der Waals surface area (Å²) < 4.78 is 2.00. The van der Waals surface area contributed by atoms with E-state index >= 15 is 0 Å². The smallest absolute Gasteiger partial charge is 0.0992 e. The summed E-state index contributed by atoms with van der Waals surface area (Å²) in [6, 6.07) is 8.64. The van der Waals surface area contributed by atoms with E-state index in [1.807, 2.05) is 22.9 Å². The molecule has 0 radical (unpaired) electrons. The fourth-order valence-electron chi connectivity index (χ4n) is 1.53. The summed E-state index contributed by atoms with van der Waals surface area (Å²) in [5.41, 5.74) is 2.26. The van der Waals surface area contributed by atoms with Gasteiger partial charge in [-0.1, -0.05) is 12.1 Å². The Labute approximate surface area is 89.8 Å². The zero-order valence-corrected chi connectivity index (χ0v) is 9.01. The van der Waals surface area contributed by atoms with Crippen molar-refractivity contribution in [2.75, 3.05) is 5.32 Å². The number of para-hydroxylation sites is 2. The number of nitrogens with one attached hydrogen (secondary N) is 1. The summed E-state index contributed by atoms with van der Waals surface area (Å²) in [5, 5.41) is 3.41. The van der Waals surface area contributed by atoms with Crippen LogP contribution < -0.4 is 5.32 Å². The molecule has 15 heavy (non-hydrogen) atoms. The first-order valence-electron chi connectivity index (χ1n) is 5.11. The van der Waals surface area contributed by atoms with Crippen LogP contribution in [0.4, 0.5) is 5.69 Å². The van der Waals surface area contributed by atoms with Crippen LogP contribution in [0.3, 0.4) is 0 Å². The Morgan fingerprint density at radius 3 is 2.73 bits per heavy atom. The van der Waals surface area contributed by atoms with E-state index in [1.54, 1.807) is 12.5 Å². The predicted molar refractivity (Wildman–Crippen MR) is 62.3 cm³/mol. The highest BCUT2D eigenvalue weighted by Gasteiger charge is 2.03. The average molecular weight is 201 g/mol. The normalized spacial score (nSPS) is 10.6. The van der Waals surface area contributed by atoms with E-state index in [1.165, 1.54) is 0 Å². The number of anilines is 1. The van der Waals surface area contributed by atoms with Gasteiger partial charge in [0.05, 0.1) is 17.7 Å². The quantitative estimate of drug-likeness (QED) is 0.827. The molecular formula is C12H15N3. The molecule has 3 heteroatoms. The highest BCUT2D eigenvalue weighted by molar-refractivity contribution is 5.61. The number of imidazole rings is 1. The predicted octanol–water partition coefficient (Wildman–Crippen LogP) is 2.69. The summed E-state index contributed by atoms with van der Waals surface area (Å²) in [7, 11) is 0. The lowest BCUT2D eigenvalue weighted by Crippen LogP contribution is -2.11. The summed E-state index contributed by atoms with van der Waals surface area (Å²) in [6.07, 6.45) is 5.54. The SMILES string of the molecule is CC(C)Nc1ccccc1-n1ccnc1. The second-order valence-corrected chi connectivity index (χ2v) is 3.79. The minimum absolute atomic E-state index is 0.426. The van der Waals surface area contributed by atoms with E-state index in [-0.39, 0.29) is 0 Å². The fraction of sp³-hybridized carbons (Fsp3) is 0.250. The largest absolute Gasteiger partial charge is 0.381 e. The zero-order valence-electron chi connectivity index (χ0n) is 9.01. The van der Waals surface area contributed by atoms with Gasteiger partial charge in [-0.3, -0.25) is 0 Å². The maximum Gasteiger partial charge on any atom is 0.0992 e. The minimum atomic E-state index is 0.426. The van der Waals surface area contributed by atoms with Crippen LogP contribution in [-0.2, 0) is 0 Å². The summed E-state index contributed by atoms with van der Waals surface area (Å²) in [6.45, 7) is 4.26. The van der Waals surface area contributed by atoms with E-state index < -0.39 is 0 Å². The lowest BCUT2D eigenvalue weighted by molar-refractivity contribution is 0.894. The van der Waals surface area contributed by atoms with Gasteiger partial charge < -0.3 is 9.88 Å². The fourth-order valence-corrected chi connectivity index (χ4v) is 1.53. The van der Waals surface area contributed by atoms with Gasteiger partial charge in [0.15, 0.2) is 0 Å². The summed E-state index contributed by atoms with van der Waals surface area (Å²) >= 11 is 0. The van der Waals surface area contributed by atoms with Gasteiger partial charge in [0.1, 0.15) is 0 Å². The Kier molecular flexibility index (Phi) is 2.72. The van der Waals surface area contributed by atoms with Crippen molar-refractivity contribution in [2.45, 2.75) is 19.9 Å². The topological polar surface area (TPSA) is 29.9 Å². The van der Waals surface area contributed by atoms with E-state index in [4.69, 9.17) is 0 Å². The Hall–Kier alpha value is -1.77. The standard InChI is InChI=1S/C12H15N3/c1-10(2)14-11-5-3-4-6-12(11)15-8-7-13-9-15/h3-10,14H,1-2H3. The lowest BCUT2D eigenvalue weighted by Gasteiger charge is -2.14. The molecule has 0 spiro atoms. The Bertz CT molecular complexity index is 418. The molecule has 1 N–H and O–H groups in total. The molecule has 0 unspecified atom stereocenters. The molecule has 1 aromatic heterocycles. The minimum Gasteiger partial charge on any atom is -0.381 e. The van der Waals surface area contributed by atoms with Crippen LogP contribution in [0.15, 0.2) is 43.0 Å². The van der Waals surface area contributed by atoms with E-state index in [2.05, 4.69) is 36.3 Å². The lowest BCUT2D eigenvalue weighted by atomic mass is 10.2. The van der Waals surface area contributed by atoms with Crippen molar-refractivity contribution in [1.82, 2.24) is 9.55 Å². The van der Waals surface area contributed by atoms with Crippen molar-refractivity contribution < 1.29 is 0 Å². The molecule has 1 aromatic carbocycles. The number of hydrogen-bond acceptors (Lipinski definition) is 2. The molecule has 78 valence electrons. The molecule has 0 aliphatic heterocycles. The average Bonchev–Trinajstić information content (AvgIpc) is 2.70. The molecule has 2 rings (SSSR count). The molecule has 2 aromatic rings. The Balaban J connectivity index is 2.38. The first kappa shape index (κ1) is 9.77. The molecule has 0 aliphatic rings. The summed E-state index contributed by atoms with van der Waals surface area (Å²) in [5.74, 6) is 0. The van der Waals surface area contributed by atoms with Crippen molar-refractivity contribution in [3.8, 4) is 5.69 Å². The molecule has 0 amide bonds. The van der Waals surface area contributed by atoms with Gasteiger partial charge in [0, 0.05) is 18.4 Å². The van der Waals surface area contributed by atoms with Crippen LogP contribution >= 0.6 is 0 Å². The van der Waals surface area contributed by atoms with Crippen molar-refractivity contribution in [2.24, 2.45) is 0 Å². The van der Waals surface area contributed by atoms with Crippen molar-refractivity contribution in [1.29, 1.82) is 0 Å². The number of hydrogen-bond donors (Lipinski definition) is 1. The van der Waals surface area contributed by atoms with Gasteiger partial charge in [-0.15, -0.1) is 0 Å². The maximum absolute atomic E-state index is 4.05. The van der Waals surface area contributed by atoms with Gasteiger partial charge in [0.25, 0.3) is 0 Å². The highest BCUT2D eigenvalue weighted by atomic mass is 15.1. The van der Waals surface area contributed by atoms with Crippen LogP contribution in [0.2, 0.25) is 0 Å². The monoisotopic (exact) mass is 201 g/mol. The highest BCUT2D eigenvalue weighted by Crippen LogP contribution is 2.19. The van der Waals surface area contributed by atoms with Crippen LogP contribution in [0.25, 0.3) is 5.69 Å². The molecule has 1 heterocycles. The van der Waals surface area contributed by atoms with Gasteiger partial charge in [0.2, 0.25) is 0 Å². The van der Waals surface area contributed by atoms with E-state index in [0.29, 0.717) is 6.04 Å². The van der Waals surface area contributed by atoms with Crippen LogP contribution in [-0.4, -0.2) is 15.6 Å². The maximum atomic E-state index is 4.05. The number of benzene rings is 1. The van der Waals surface area contributed by atoms with Crippen LogP contribution in [0, 0.1) is 0 Å². The molecule has 0 saturated heterocycles. The van der Waals surface area contributed by atoms with Crippen LogP contribution in [0.1, 0.15) is 13.8 Å². The third-order valence-corrected chi connectivity index (χ3v) is 2.13. The third kappa shape index (κ3) is 2.18. The molecule has 0 atom stereocenters. The molecule has 0 fully saturated rings. The molecule has 3 nitrogen and oxygen atoms in total. The number of aromatic nitrogens is 2. The first-order valence-corrected chi connectivity index (χ1v) is 5.11. The Morgan fingerprint density at radius 1 is 1.27 bits per heavy atom. The third-order valence-electron chi connectivity index (χ3n) is 2.13.